The van der Waals surface area contributed by atoms with Crippen molar-refractivity contribution in [3.8, 4) is 0 Å². The Kier molecular flexibility index (Phi) is 38.8. The third-order valence-electron chi connectivity index (χ3n) is 9.24. The van der Waals surface area contributed by atoms with Gasteiger partial charge in [-0.05, 0) is 12.8 Å². The maximum Gasteiger partial charge on any atom is 0.673 e. The van der Waals surface area contributed by atoms with Gasteiger partial charge < -0.3 is 22.6 Å². The Morgan fingerprint density at radius 2 is 0.545 bits per heavy atom. The summed E-state index contributed by atoms with van der Waals surface area (Å²) in [4.78, 5) is 0. The molecular weight excluding hydrogens is 557 g/mol. The molecule has 0 aliphatic rings. The molecule has 0 spiro atoms. The summed E-state index contributed by atoms with van der Waals surface area (Å²) in [5, 5.41) is 2.63. The zero-order chi connectivity index (χ0) is 33.0. The molecule has 0 saturated carbocycles. The van der Waals surface area contributed by atoms with E-state index in [-0.39, 0.29) is 0 Å². The van der Waals surface area contributed by atoms with Crippen LogP contribution in [0.2, 0.25) is 0 Å². The first-order valence-corrected chi connectivity index (χ1v) is 19.9. The van der Waals surface area contributed by atoms with Crippen molar-refractivity contribution in [1.29, 1.82) is 0 Å². The van der Waals surface area contributed by atoms with Crippen LogP contribution in [-0.4, -0.2) is 20.3 Å². The highest BCUT2D eigenvalue weighted by atomic mass is 19.5. The number of rotatable bonds is 34. The molecule has 0 heterocycles. The molecule has 0 rings (SSSR count). The number of hydrogen-bond donors (Lipinski definition) is 1. The fraction of sp³-hybridized carbons (Fsp3) is 1.00. The van der Waals surface area contributed by atoms with Crippen LogP contribution in [0.5, 0.6) is 0 Å². The molecule has 0 amide bonds. The van der Waals surface area contributed by atoms with E-state index in [0.29, 0.717) is 0 Å². The molecule has 0 aromatic carbocycles. The predicted octanol–water partition coefficient (Wildman–Crippen LogP) is 13.9. The molecule has 6 heteroatoms. The zero-order valence-electron chi connectivity index (χ0n) is 30.4. The highest BCUT2D eigenvalue weighted by Crippen LogP contribution is 2.16. The summed E-state index contributed by atoms with van der Waals surface area (Å²) >= 11 is 0. The largest absolute Gasteiger partial charge is 0.673 e. The average molecular weight is 638 g/mol. The van der Waals surface area contributed by atoms with E-state index in [2.05, 4.69) is 33.0 Å². The first-order chi connectivity index (χ1) is 21.2. The predicted molar refractivity (Wildman–Crippen MR) is 190 cm³/mol. The maximum atomic E-state index is 9.75. The minimum absolute atomic E-state index is 0.899. The molecule has 0 radical (unpaired) electrons. The summed E-state index contributed by atoms with van der Waals surface area (Å²) < 4.78 is 39.0. The molecule has 0 bridgehead atoms. The number of quaternary nitrogens is 1. The molecule has 1 nitrogen and oxygen atoms in total. The molecule has 0 fully saturated rings. The molecule has 2 atom stereocenters. The topological polar surface area (TPSA) is 16.6 Å². The van der Waals surface area contributed by atoms with E-state index in [1.165, 1.54) is 206 Å². The van der Waals surface area contributed by atoms with Crippen LogP contribution in [0.15, 0.2) is 0 Å². The molecule has 0 aliphatic heterocycles. The summed E-state index contributed by atoms with van der Waals surface area (Å²) in [6.07, 6.45) is 44.0. The monoisotopic (exact) mass is 638 g/mol. The van der Waals surface area contributed by atoms with Gasteiger partial charge in [-0.3, -0.25) is 0 Å². The van der Waals surface area contributed by atoms with Crippen LogP contribution in [0.25, 0.3) is 0 Å². The van der Waals surface area contributed by atoms with Gasteiger partial charge in [-0.2, -0.15) is 0 Å². The van der Waals surface area contributed by atoms with Gasteiger partial charge in [-0.15, -0.1) is 0 Å². The van der Waals surface area contributed by atoms with Gasteiger partial charge in [0.25, 0.3) is 0 Å². The van der Waals surface area contributed by atoms with Crippen molar-refractivity contribution in [2.45, 2.75) is 220 Å². The van der Waals surface area contributed by atoms with Gasteiger partial charge in [0.15, 0.2) is 0 Å². The molecule has 2 N–H and O–H groups in total. The minimum Gasteiger partial charge on any atom is -0.418 e. The molecule has 44 heavy (non-hydrogen) atoms. The normalized spacial score (nSPS) is 13.1. The number of hydrogen-bond acceptors (Lipinski definition) is 0. The van der Waals surface area contributed by atoms with Gasteiger partial charge in [0.1, 0.15) is 0 Å². The SMILES string of the molecule is CCCCCCCCCCCCCCCCC(C)C[NH2+]CC(C)CCCCCCCCCCCCCCCC.F[B-](F)(F)F. The van der Waals surface area contributed by atoms with Crippen LogP contribution in [-0.2, 0) is 0 Å². The average Bonchev–Trinajstić information content (AvgIpc) is 2.96. The maximum absolute atomic E-state index is 9.75. The van der Waals surface area contributed by atoms with E-state index in [4.69, 9.17) is 0 Å². The van der Waals surface area contributed by atoms with Gasteiger partial charge in [0.05, 0.1) is 13.1 Å². The zero-order valence-corrected chi connectivity index (χ0v) is 30.4. The second-order valence-electron chi connectivity index (χ2n) is 14.2. The molecule has 0 aromatic rings. The first kappa shape index (κ1) is 45.9. The van der Waals surface area contributed by atoms with E-state index in [0.717, 1.165) is 11.8 Å². The van der Waals surface area contributed by atoms with Crippen LogP contribution in [0.4, 0.5) is 17.3 Å². The van der Waals surface area contributed by atoms with E-state index in [9.17, 15) is 17.3 Å². The van der Waals surface area contributed by atoms with Gasteiger partial charge in [0, 0.05) is 11.8 Å². The van der Waals surface area contributed by atoms with Crippen molar-refractivity contribution < 1.29 is 22.6 Å². The lowest BCUT2D eigenvalue weighted by Gasteiger charge is -2.13. The number of halogens is 4. The Hall–Kier alpha value is -0.255. The Bertz CT molecular complexity index is 474. The van der Waals surface area contributed by atoms with Crippen molar-refractivity contribution in [2.24, 2.45) is 11.8 Å². The van der Waals surface area contributed by atoms with Gasteiger partial charge in [-0.25, -0.2) is 0 Å². The summed E-state index contributed by atoms with van der Waals surface area (Å²) in [5.74, 6) is 1.80. The molecule has 0 aliphatic carbocycles. The fourth-order valence-electron chi connectivity index (χ4n) is 6.28. The standard InChI is InChI=1S/C38H79N.BF4/c1-5-7-9-11-13-15-17-19-21-23-25-27-29-31-33-37(3)35-39-36-38(4)34-32-30-28-26-24-22-20-18-16-14-12-10-8-6-2;2-1(3,4)5/h37-39H,5-36H2,1-4H3;/q;-1/p+1. The Morgan fingerprint density at radius 1 is 0.364 bits per heavy atom. The Balaban J connectivity index is 0. The minimum atomic E-state index is -6.00. The lowest BCUT2D eigenvalue weighted by molar-refractivity contribution is -0.665. The fourth-order valence-corrected chi connectivity index (χ4v) is 6.28. The Morgan fingerprint density at radius 3 is 0.750 bits per heavy atom. The first-order valence-electron chi connectivity index (χ1n) is 19.9. The molecular formula is C38H80BF4N. The second kappa shape index (κ2) is 37.2. The van der Waals surface area contributed by atoms with Gasteiger partial charge >= 0.3 is 7.25 Å². The summed E-state index contributed by atoms with van der Waals surface area (Å²) in [7, 11) is -6.00. The lowest BCUT2D eigenvalue weighted by atomic mass is 9.99. The summed E-state index contributed by atoms with van der Waals surface area (Å²) in [6.45, 7) is 12.3. The number of unbranched alkanes of at least 4 members (excludes halogenated alkanes) is 26. The van der Waals surface area contributed by atoms with E-state index in [1.807, 2.05) is 0 Å². The van der Waals surface area contributed by atoms with Crippen molar-refractivity contribution in [3.63, 3.8) is 0 Å². The van der Waals surface area contributed by atoms with Crippen molar-refractivity contribution in [2.75, 3.05) is 13.1 Å². The number of nitrogens with two attached hydrogens (primary N) is 1. The van der Waals surface area contributed by atoms with Crippen LogP contribution >= 0.6 is 0 Å². The third-order valence-corrected chi connectivity index (χ3v) is 9.24. The third kappa shape index (κ3) is 48.6. The molecule has 0 saturated heterocycles. The van der Waals surface area contributed by atoms with Crippen LogP contribution in [0.3, 0.4) is 0 Å². The second-order valence-corrected chi connectivity index (χ2v) is 14.2. The van der Waals surface area contributed by atoms with Gasteiger partial charge in [0.2, 0.25) is 0 Å². The highest BCUT2D eigenvalue weighted by molar-refractivity contribution is 6.50. The lowest BCUT2D eigenvalue weighted by Crippen LogP contribution is -2.86. The van der Waals surface area contributed by atoms with E-state index in [1.54, 1.807) is 0 Å². The van der Waals surface area contributed by atoms with Crippen molar-refractivity contribution >= 4 is 7.25 Å². The van der Waals surface area contributed by atoms with Crippen LogP contribution in [0, 0.1) is 11.8 Å². The van der Waals surface area contributed by atoms with E-state index < -0.39 is 7.25 Å². The highest BCUT2D eigenvalue weighted by Gasteiger charge is 2.20. The van der Waals surface area contributed by atoms with Gasteiger partial charge in [-0.1, -0.05) is 207 Å². The smallest absolute Gasteiger partial charge is 0.418 e. The van der Waals surface area contributed by atoms with Crippen molar-refractivity contribution in [1.82, 2.24) is 0 Å². The summed E-state index contributed by atoms with van der Waals surface area (Å²) in [5.41, 5.74) is 0. The molecule has 268 valence electrons. The molecule has 2 unspecified atom stereocenters. The van der Waals surface area contributed by atoms with Crippen molar-refractivity contribution in [3.05, 3.63) is 0 Å². The molecule has 0 aromatic heterocycles. The quantitative estimate of drug-likeness (QED) is 0.0411. The summed E-state index contributed by atoms with van der Waals surface area (Å²) in [6, 6.07) is 0. The Labute approximate surface area is 274 Å². The van der Waals surface area contributed by atoms with Crippen LogP contribution in [0.1, 0.15) is 220 Å². The van der Waals surface area contributed by atoms with Crippen LogP contribution < -0.4 is 5.32 Å². The van der Waals surface area contributed by atoms with E-state index >= 15 is 0 Å².